The van der Waals surface area contributed by atoms with Crippen LogP contribution in [0.4, 0.5) is 0 Å². The highest BCUT2D eigenvalue weighted by molar-refractivity contribution is 5.95. The number of guanidine groups is 1. The van der Waals surface area contributed by atoms with Gasteiger partial charge < -0.3 is 43.2 Å². The fourth-order valence-corrected chi connectivity index (χ4v) is 7.78. The molecule has 0 spiro atoms. The van der Waals surface area contributed by atoms with Crippen molar-refractivity contribution in [3.8, 4) is 0 Å². The van der Waals surface area contributed by atoms with Gasteiger partial charge in [0.15, 0.2) is 5.96 Å². The molecule has 15 nitrogen and oxygen atoms in total. The third-order valence-electron chi connectivity index (χ3n) is 10.8. The van der Waals surface area contributed by atoms with Crippen LogP contribution in [0.1, 0.15) is 82.8 Å². The predicted octanol–water partition coefficient (Wildman–Crippen LogP) is 1.67. The number of unbranched alkanes of at least 4 members (excludes halogenated alkanes) is 2. The van der Waals surface area contributed by atoms with Gasteiger partial charge in [-0.1, -0.05) is 87.4 Å². The number of rotatable bonds is 21. The van der Waals surface area contributed by atoms with E-state index in [1.807, 2.05) is 74.5 Å². The third kappa shape index (κ3) is 14.5. The summed E-state index contributed by atoms with van der Waals surface area (Å²) in [6.45, 7) is 5.96. The second-order valence-corrected chi connectivity index (χ2v) is 15.7. The van der Waals surface area contributed by atoms with Gasteiger partial charge in [0.05, 0.1) is 6.04 Å². The SMILES string of the molecule is CC(C)C[C@@H](NC(=O)[C@@H](Cc1ccccc1)NC(=O)[C@H](N)Cc1ccccc1)C(=O)N[C@H](CCCCCN=C(N)N)C(=O)N1CCC(N2CCC[C@H]2C(=O)O)CC1. The monoisotopic (exact) mass is 789 g/mol. The summed E-state index contributed by atoms with van der Waals surface area (Å²) in [5.41, 5.74) is 18.9. The van der Waals surface area contributed by atoms with Crippen LogP contribution >= 0.6 is 0 Å². The number of likely N-dealkylation sites (tertiary alicyclic amines) is 2. The number of aliphatic carboxylic acids is 1. The number of hydrogen-bond donors (Lipinski definition) is 7. The van der Waals surface area contributed by atoms with Gasteiger partial charge in [-0.2, -0.15) is 0 Å². The second-order valence-electron chi connectivity index (χ2n) is 15.7. The lowest BCUT2D eigenvalue weighted by Gasteiger charge is -2.39. The van der Waals surface area contributed by atoms with Crippen LogP contribution in [-0.2, 0) is 36.8 Å². The zero-order chi connectivity index (χ0) is 41.3. The molecule has 2 aliphatic heterocycles. The molecule has 57 heavy (non-hydrogen) atoms. The summed E-state index contributed by atoms with van der Waals surface area (Å²) < 4.78 is 0. The van der Waals surface area contributed by atoms with Crippen LogP contribution in [0, 0.1) is 5.92 Å². The van der Waals surface area contributed by atoms with Crippen LogP contribution < -0.4 is 33.2 Å². The van der Waals surface area contributed by atoms with Crippen molar-refractivity contribution in [1.29, 1.82) is 0 Å². The maximum Gasteiger partial charge on any atom is 0.320 e. The van der Waals surface area contributed by atoms with E-state index in [-0.39, 0.29) is 36.7 Å². The van der Waals surface area contributed by atoms with Gasteiger partial charge in [-0.15, -0.1) is 0 Å². The number of nitrogens with one attached hydrogen (secondary N) is 3. The zero-order valence-corrected chi connectivity index (χ0v) is 33.5. The van der Waals surface area contributed by atoms with Gasteiger partial charge in [-0.05, 0) is 75.0 Å². The minimum Gasteiger partial charge on any atom is -0.480 e. The molecule has 15 heteroatoms. The van der Waals surface area contributed by atoms with Gasteiger partial charge in [0.2, 0.25) is 23.6 Å². The van der Waals surface area contributed by atoms with Crippen molar-refractivity contribution in [3.63, 3.8) is 0 Å². The van der Waals surface area contributed by atoms with Crippen molar-refractivity contribution in [2.45, 2.75) is 121 Å². The van der Waals surface area contributed by atoms with E-state index in [4.69, 9.17) is 17.2 Å². The number of hydrogen-bond acceptors (Lipinski definition) is 8. The maximum atomic E-state index is 14.2. The number of amides is 4. The molecule has 312 valence electrons. The van der Waals surface area contributed by atoms with Gasteiger partial charge in [0.1, 0.15) is 24.2 Å². The lowest BCUT2D eigenvalue weighted by molar-refractivity contribution is -0.144. The van der Waals surface area contributed by atoms with Gasteiger partial charge >= 0.3 is 5.97 Å². The fourth-order valence-electron chi connectivity index (χ4n) is 7.78. The molecular weight excluding hydrogens is 727 g/mol. The highest BCUT2D eigenvalue weighted by Gasteiger charge is 2.39. The number of carbonyl (C=O) groups is 5. The van der Waals surface area contributed by atoms with Crippen LogP contribution in [0.25, 0.3) is 0 Å². The smallest absolute Gasteiger partial charge is 0.320 e. The lowest BCUT2D eigenvalue weighted by atomic mass is 9.98. The number of benzene rings is 2. The molecule has 2 fully saturated rings. The summed E-state index contributed by atoms with van der Waals surface area (Å²) in [4.78, 5) is 75.4. The van der Waals surface area contributed by atoms with Crippen molar-refractivity contribution in [2.75, 3.05) is 26.2 Å². The minimum absolute atomic E-state index is 0.00596. The first-order valence-corrected chi connectivity index (χ1v) is 20.4. The Kier molecular flexibility index (Phi) is 17.8. The summed E-state index contributed by atoms with van der Waals surface area (Å²) in [7, 11) is 0. The van der Waals surface area contributed by atoms with Crippen molar-refractivity contribution in [2.24, 2.45) is 28.1 Å². The quantitative estimate of drug-likeness (QED) is 0.0549. The number of nitrogens with two attached hydrogens (primary N) is 3. The Morgan fingerprint density at radius 2 is 1.33 bits per heavy atom. The molecule has 2 heterocycles. The number of carboxylic acids is 1. The van der Waals surface area contributed by atoms with Crippen molar-refractivity contribution >= 4 is 35.6 Å². The van der Waals surface area contributed by atoms with Crippen LogP contribution in [0.15, 0.2) is 65.7 Å². The number of carboxylic acid groups (broad SMARTS) is 1. The van der Waals surface area contributed by atoms with Crippen LogP contribution in [0.3, 0.4) is 0 Å². The Hall–Kier alpha value is -5.02. The molecule has 4 amide bonds. The first-order chi connectivity index (χ1) is 27.3. The molecular formula is C42H63N9O6. The van der Waals surface area contributed by atoms with E-state index in [2.05, 4.69) is 25.8 Å². The summed E-state index contributed by atoms with van der Waals surface area (Å²) in [6.07, 6.45) is 5.92. The molecule has 2 aliphatic rings. The van der Waals surface area contributed by atoms with Gasteiger partial charge in [-0.3, -0.25) is 33.9 Å². The zero-order valence-electron chi connectivity index (χ0n) is 33.5. The highest BCUT2D eigenvalue weighted by Crippen LogP contribution is 2.27. The largest absolute Gasteiger partial charge is 0.480 e. The lowest BCUT2D eigenvalue weighted by Crippen LogP contribution is -2.59. The Morgan fingerprint density at radius 1 is 0.754 bits per heavy atom. The van der Waals surface area contributed by atoms with E-state index < -0.39 is 53.9 Å². The van der Waals surface area contributed by atoms with Gasteiger partial charge in [0, 0.05) is 32.1 Å². The Balaban J connectivity index is 1.47. The highest BCUT2D eigenvalue weighted by atomic mass is 16.4. The Morgan fingerprint density at radius 3 is 1.93 bits per heavy atom. The van der Waals surface area contributed by atoms with Gasteiger partial charge in [-0.25, -0.2) is 0 Å². The van der Waals surface area contributed by atoms with Crippen molar-refractivity contribution in [1.82, 2.24) is 25.8 Å². The fraction of sp³-hybridized carbons (Fsp3) is 0.571. The molecule has 0 radical (unpaired) electrons. The first kappa shape index (κ1) is 44.7. The number of carbonyl (C=O) groups excluding carboxylic acids is 4. The van der Waals surface area contributed by atoms with Crippen LogP contribution in [0.2, 0.25) is 0 Å². The summed E-state index contributed by atoms with van der Waals surface area (Å²) >= 11 is 0. The normalized spacial score (nSPS) is 18.2. The third-order valence-corrected chi connectivity index (χ3v) is 10.8. The Bertz CT molecular complexity index is 1630. The molecule has 10 N–H and O–H groups in total. The van der Waals surface area contributed by atoms with Crippen molar-refractivity contribution < 1.29 is 29.1 Å². The molecule has 4 rings (SSSR count). The van der Waals surface area contributed by atoms with Gasteiger partial charge in [0.25, 0.3) is 0 Å². The molecule has 2 aromatic rings. The van der Waals surface area contributed by atoms with E-state index >= 15 is 0 Å². The average molecular weight is 790 g/mol. The minimum atomic E-state index is -1.02. The number of aliphatic imine (C=N–C) groups is 1. The van der Waals surface area contributed by atoms with Crippen molar-refractivity contribution in [3.05, 3.63) is 71.8 Å². The first-order valence-electron chi connectivity index (χ1n) is 20.4. The van der Waals surface area contributed by atoms with Crippen LogP contribution in [-0.4, -0.2) is 113 Å². The Labute approximate surface area is 336 Å². The molecule has 2 aromatic carbocycles. The van der Waals surface area contributed by atoms with E-state index in [9.17, 15) is 29.1 Å². The summed E-state index contributed by atoms with van der Waals surface area (Å²) in [5.74, 6) is -2.51. The second kappa shape index (κ2) is 22.7. The molecule has 0 unspecified atom stereocenters. The topological polar surface area (TPSA) is 239 Å². The maximum absolute atomic E-state index is 14.2. The molecule has 0 aromatic heterocycles. The molecule has 5 atom stereocenters. The molecule has 0 aliphatic carbocycles. The molecule has 0 saturated carbocycles. The predicted molar refractivity (Wildman–Crippen MR) is 220 cm³/mol. The number of nitrogens with zero attached hydrogens (tertiary/aromatic N) is 3. The van der Waals surface area contributed by atoms with E-state index in [0.29, 0.717) is 64.6 Å². The van der Waals surface area contributed by atoms with E-state index in [1.54, 1.807) is 4.90 Å². The van der Waals surface area contributed by atoms with E-state index in [0.717, 1.165) is 30.5 Å². The summed E-state index contributed by atoms with van der Waals surface area (Å²) in [5, 5.41) is 18.5. The molecule has 2 saturated heterocycles. The van der Waals surface area contributed by atoms with E-state index in [1.165, 1.54) is 0 Å². The summed E-state index contributed by atoms with van der Waals surface area (Å²) in [6, 6.07) is 14.5. The molecule has 0 bridgehead atoms. The number of piperidine rings is 1. The average Bonchev–Trinajstić information content (AvgIpc) is 3.69. The van der Waals surface area contributed by atoms with Crippen LogP contribution in [0.5, 0.6) is 0 Å². The standard InChI is InChI=1S/C42H63N9O6/c1-28(2)25-34(49-39(54)35(27-30-15-8-4-9-16-30)48-37(52)32(43)26-29-13-6-3-7-14-29)38(53)47-33(17-10-5-11-21-46-42(44)45)40(55)50-23-19-31(20-24-50)51-22-12-18-36(51)41(56)57/h3-4,6-9,13-16,28,31-36H,5,10-12,17-27,43H2,1-2H3,(H,47,53)(H,48,52)(H,49,54)(H,56,57)(H4,44,45,46)/t32-,33-,34-,35-,36+/m1/s1.